The minimum atomic E-state index is -0.448. The minimum Gasteiger partial charge on any atom is -0.466 e. The van der Waals surface area contributed by atoms with Gasteiger partial charge in [0.05, 0.1) is 13.2 Å². The summed E-state index contributed by atoms with van der Waals surface area (Å²) in [5, 5.41) is 9.20. The third kappa shape index (κ3) is 3.59. The van der Waals surface area contributed by atoms with E-state index in [1.54, 1.807) is 6.92 Å². The Hall–Kier alpha value is -0.830. The Kier molecular flexibility index (Phi) is 4.14. The van der Waals surface area contributed by atoms with Crippen LogP contribution in [-0.2, 0) is 9.53 Å². The third-order valence-electron chi connectivity index (χ3n) is 2.05. The molecule has 1 unspecified atom stereocenters. The molecule has 0 bridgehead atoms. The van der Waals surface area contributed by atoms with Crippen LogP contribution in [0.1, 0.15) is 27.2 Å². The predicted molar refractivity (Wildman–Crippen MR) is 51.2 cm³/mol. The van der Waals surface area contributed by atoms with Gasteiger partial charge in [0, 0.05) is 5.57 Å². The Bertz CT molecular complexity index is 204. The molecule has 0 aliphatic rings. The number of rotatable bonds is 4. The molecule has 0 spiro atoms. The van der Waals surface area contributed by atoms with Crippen LogP contribution < -0.4 is 0 Å². The highest BCUT2D eigenvalue weighted by molar-refractivity contribution is 5.88. The summed E-state index contributed by atoms with van der Waals surface area (Å²) >= 11 is 0. The molecule has 0 aliphatic heterocycles. The van der Waals surface area contributed by atoms with E-state index in [-0.39, 0.29) is 0 Å². The van der Waals surface area contributed by atoms with Crippen molar-refractivity contribution < 1.29 is 14.6 Å². The first-order chi connectivity index (χ1) is 5.81. The number of hydrogen-bond acceptors (Lipinski definition) is 3. The molecule has 3 nitrogen and oxygen atoms in total. The van der Waals surface area contributed by atoms with E-state index in [0.717, 1.165) is 0 Å². The molecule has 0 aliphatic carbocycles. The van der Waals surface area contributed by atoms with Gasteiger partial charge in [0.25, 0.3) is 0 Å². The van der Waals surface area contributed by atoms with Crippen LogP contribution in [0.5, 0.6) is 0 Å². The molecule has 0 radical (unpaired) electrons. The lowest BCUT2D eigenvalue weighted by Crippen LogP contribution is -2.25. The molecule has 0 fully saturated rings. The van der Waals surface area contributed by atoms with Crippen LogP contribution in [-0.4, -0.2) is 24.3 Å². The summed E-state index contributed by atoms with van der Waals surface area (Å²) in [6.45, 7) is 9.07. The lowest BCUT2D eigenvalue weighted by atomic mass is 9.80. The number of aliphatic hydroxyl groups is 1. The zero-order valence-electron chi connectivity index (χ0n) is 8.76. The zero-order chi connectivity index (χ0) is 10.6. The summed E-state index contributed by atoms with van der Waals surface area (Å²) in [5.41, 5.74) is -0.0164. The van der Waals surface area contributed by atoms with Crippen molar-refractivity contribution in [1.29, 1.82) is 0 Å². The van der Waals surface area contributed by atoms with Crippen molar-refractivity contribution in [1.82, 2.24) is 0 Å². The fraction of sp³-hybridized carbons (Fsp3) is 0.700. The van der Waals surface area contributed by atoms with Gasteiger partial charge in [-0.25, -0.2) is 4.79 Å². The van der Waals surface area contributed by atoms with E-state index in [4.69, 9.17) is 0 Å². The van der Waals surface area contributed by atoms with E-state index in [9.17, 15) is 9.90 Å². The highest BCUT2D eigenvalue weighted by atomic mass is 16.5. The fourth-order valence-electron chi connectivity index (χ4n) is 1.26. The van der Waals surface area contributed by atoms with Crippen molar-refractivity contribution in [3.8, 4) is 0 Å². The van der Waals surface area contributed by atoms with Gasteiger partial charge in [0.1, 0.15) is 0 Å². The molecule has 0 aromatic carbocycles. The highest BCUT2D eigenvalue weighted by Crippen LogP contribution is 2.31. The number of esters is 1. The summed E-state index contributed by atoms with van der Waals surface area (Å²) in [5.74, 6) is -0.411. The second kappa shape index (κ2) is 4.42. The monoisotopic (exact) mass is 186 g/mol. The molecule has 0 saturated heterocycles. The fourth-order valence-corrected chi connectivity index (χ4v) is 1.26. The molecular formula is C10H18O3. The van der Waals surface area contributed by atoms with Gasteiger partial charge in [0.2, 0.25) is 0 Å². The molecule has 0 aromatic rings. The van der Waals surface area contributed by atoms with E-state index in [1.165, 1.54) is 7.11 Å². The van der Waals surface area contributed by atoms with Crippen LogP contribution in [0.4, 0.5) is 0 Å². The molecular weight excluding hydrogens is 168 g/mol. The number of aliphatic hydroxyl groups excluding tert-OH is 1. The standard InChI is InChI=1S/C10H18O3/c1-7(11)6-10(3,4)8(2)9(12)13-5/h7,11H,2,6H2,1,3-5H3. The van der Waals surface area contributed by atoms with E-state index >= 15 is 0 Å². The highest BCUT2D eigenvalue weighted by Gasteiger charge is 2.28. The SMILES string of the molecule is C=C(C(=O)OC)C(C)(C)CC(C)O. The molecule has 1 atom stereocenters. The smallest absolute Gasteiger partial charge is 0.333 e. The van der Waals surface area contributed by atoms with Crippen LogP contribution in [0.3, 0.4) is 0 Å². The second-order valence-corrected chi connectivity index (χ2v) is 3.91. The summed E-state index contributed by atoms with van der Waals surface area (Å²) in [6, 6.07) is 0. The maximum Gasteiger partial charge on any atom is 0.333 e. The van der Waals surface area contributed by atoms with Crippen molar-refractivity contribution in [3.05, 3.63) is 12.2 Å². The molecule has 0 rings (SSSR count). The lowest BCUT2D eigenvalue weighted by molar-refractivity contribution is -0.137. The normalized spacial score (nSPS) is 13.6. The number of hydrogen-bond donors (Lipinski definition) is 1. The maximum atomic E-state index is 11.1. The van der Waals surface area contributed by atoms with Gasteiger partial charge in [-0.3, -0.25) is 0 Å². The molecule has 0 heterocycles. The average Bonchev–Trinajstić information content (AvgIpc) is 1.99. The van der Waals surface area contributed by atoms with Gasteiger partial charge < -0.3 is 9.84 Å². The lowest BCUT2D eigenvalue weighted by Gasteiger charge is -2.26. The van der Waals surface area contributed by atoms with Crippen LogP contribution in [0.2, 0.25) is 0 Å². The number of carbonyl (C=O) groups excluding carboxylic acids is 1. The topological polar surface area (TPSA) is 46.5 Å². The average molecular weight is 186 g/mol. The Labute approximate surface area is 79.4 Å². The Morgan fingerprint density at radius 2 is 2.08 bits per heavy atom. The Morgan fingerprint density at radius 1 is 1.62 bits per heavy atom. The summed E-state index contributed by atoms with van der Waals surface area (Å²) in [4.78, 5) is 11.1. The zero-order valence-corrected chi connectivity index (χ0v) is 8.76. The first kappa shape index (κ1) is 12.2. The first-order valence-electron chi connectivity index (χ1n) is 4.27. The van der Waals surface area contributed by atoms with Crippen molar-refractivity contribution >= 4 is 5.97 Å². The molecule has 0 saturated carbocycles. The molecule has 13 heavy (non-hydrogen) atoms. The summed E-state index contributed by atoms with van der Waals surface area (Å²) in [7, 11) is 1.33. The van der Waals surface area contributed by atoms with E-state index in [2.05, 4.69) is 11.3 Å². The van der Waals surface area contributed by atoms with Crippen molar-refractivity contribution in [3.63, 3.8) is 0 Å². The molecule has 0 aromatic heterocycles. The van der Waals surface area contributed by atoms with Crippen molar-refractivity contribution in [2.75, 3.05) is 7.11 Å². The van der Waals surface area contributed by atoms with Crippen LogP contribution in [0.25, 0.3) is 0 Å². The second-order valence-electron chi connectivity index (χ2n) is 3.91. The third-order valence-corrected chi connectivity index (χ3v) is 2.05. The molecule has 0 amide bonds. The van der Waals surface area contributed by atoms with Gasteiger partial charge in [-0.1, -0.05) is 20.4 Å². The van der Waals surface area contributed by atoms with Gasteiger partial charge in [0.15, 0.2) is 0 Å². The first-order valence-corrected chi connectivity index (χ1v) is 4.27. The largest absolute Gasteiger partial charge is 0.466 e. The Morgan fingerprint density at radius 3 is 2.38 bits per heavy atom. The van der Waals surface area contributed by atoms with Gasteiger partial charge >= 0.3 is 5.97 Å². The van der Waals surface area contributed by atoms with E-state index in [1.807, 2.05) is 13.8 Å². The number of methoxy groups -OCH3 is 1. The molecule has 1 N–H and O–H groups in total. The minimum absolute atomic E-state index is 0.399. The summed E-state index contributed by atoms with van der Waals surface area (Å²) in [6.07, 6.45) is 0.0532. The summed E-state index contributed by atoms with van der Waals surface area (Å²) < 4.78 is 4.56. The van der Waals surface area contributed by atoms with Crippen LogP contribution >= 0.6 is 0 Å². The predicted octanol–water partition coefficient (Wildman–Crippen LogP) is 1.51. The molecule has 76 valence electrons. The van der Waals surface area contributed by atoms with E-state index in [0.29, 0.717) is 12.0 Å². The van der Waals surface area contributed by atoms with Crippen molar-refractivity contribution in [2.45, 2.75) is 33.3 Å². The van der Waals surface area contributed by atoms with Crippen molar-refractivity contribution in [2.24, 2.45) is 5.41 Å². The van der Waals surface area contributed by atoms with Gasteiger partial charge in [-0.2, -0.15) is 0 Å². The maximum absolute atomic E-state index is 11.1. The van der Waals surface area contributed by atoms with E-state index < -0.39 is 17.5 Å². The van der Waals surface area contributed by atoms with Gasteiger partial charge in [-0.05, 0) is 18.8 Å². The number of ether oxygens (including phenoxy) is 1. The van der Waals surface area contributed by atoms with Gasteiger partial charge in [-0.15, -0.1) is 0 Å². The quantitative estimate of drug-likeness (QED) is 0.534. The Balaban J connectivity index is 4.44. The van der Waals surface area contributed by atoms with Crippen LogP contribution in [0.15, 0.2) is 12.2 Å². The number of carbonyl (C=O) groups is 1. The van der Waals surface area contributed by atoms with Crippen LogP contribution in [0, 0.1) is 5.41 Å². The molecule has 3 heteroatoms.